The number of carbonyl (C=O) groups is 1. The fourth-order valence-electron chi connectivity index (χ4n) is 3.46. The summed E-state index contributed by atoms with van der Waals surface area (Å²) in [4.78, 5) is 27.1. The van der Waals surface area contributed by atoms with Crippen molar-refractivity contribution in [1.82, 2.24) is 14.8 Å². The highest BCUT2D eigenvalue weighted by molar-refractivity contribution is 7.11. The predicted octanol–water partition coefficient (Wildman–Crippen LogP) is 3.49. The fraction of sp³-hybridized carbons (Fsp3) is 0.524. The maximum Gasteiger partial charge on any atom is 0.410 e. The van der Waals surface area contributed by atoms with E-state index in [0.717, 1.165) is 28.7 Å². The van der Waals surface area contributed by atoms with Crippen LogP contribution in [0.5, 0.6) is 0 Å². The number of hydrogen-bond acceptors (Lipinski definition) is 8. The number of amides is 1. The molecule has 0 bridgehead atoms. The Labute approximate surface area is 181 Å². The van der Waals surface area contributed by atoms with Crippen LogP contribution in [0.25, 0.3) is 5.70 Å². The quantitative estimate of drug-likeness (QED) is 0.686. The standard InChI is InChI=1S/C21H28N6O2S/c1-15-7-8-23-27-16(17-6-5-13-30-17)14-22-18(19(27)24-15)25-9-11-26(12-10-25)20(28)29-21(2,3)4/h5-6,8,13-15H,7,9-12H2,1-4H3. The van der Waals surface area contributed by atoms with E-state index in [-0.39, 0.29) is 12.1 Å². The van der Waals surface area contributed by atoms with Gasteiger partial charge in [0.2, 0.25) is 0 Å². The van der Waals surface area contributed by atoms with Gasteiger partial charge in [-0.15, -0.1) is 11.3 Å². The average molecular weight is 429 g/mol. The highest BCUT2D eigenvalue weighted by atomic mass is 32.1. The van der Waals surface area contributed by atoms with Gasteiger partial charge in [-0.25, -0.2) is 14.8 Å². The van der Waals surface area contributed by atoms with Gasteiger partial charge in [0.05, 0.1) is 17.1 Å². The highest BCUT2D eigenvalue weighted by Crippen LogP contribution is 2.29. The molecule has 0 aromatic carbocycles. The first kappa shape index (κ1) is 20.6. The molecule has 1 aromatic heterocycles. The molecule has 4 heterocycles. The lowest BCUT2D eigenvalue weighted by molar-refractivity contribution is 0.0188. The van der Waals surface area contributed by atoms with E-state index in [4.69, 9.17) is 14.7 Å². The molecule has 1 fully saturated rings. The fourth-order valence-corrected chi connectivity index (χ4v) is 4.18. The number of hydrogen-bond donors (Lipinski definition) is 0. The van der Waals surface area contributed by atoms with E-state index in [1.165, 1.54) is 0 Å². The maximum absolute atomic E-state index is 12.4. The van der Waals surface area contributed by atoms with Crippen molar-refractivity contribution >= 4 is 41.0 Å². The van der Waals surface area contributed by atoms with Crippen LogP contribution in [0.4, 0.5) is 4.79 Å². The van der Waals surface area contributed by atoms with Crippen molar-refractivity contribution in [3.8, 4) is 0 Å². The lowest BCUT2D eigenvalue weighted by Gasteiger charge is -2.39. The molecule has 30 heavy (non-hydrogen) atoms. The summed E-state index contributed by atoms with van der Waals surface area (Å²) in [5.41, 5.74) is 0.444. The van der Waals surface area contributed by atoms with Crippen molar-refractivity contribution in [2.24, 2.45) is 15.1 Å². The van der Waals surface area contributed by atoms with Crippen LogP contribution in [0.15, 0.2) is 38.8 Å². The van der Waals surface area contributed by atoms with Crippen molar-refractivity contribution in [3.63, 3.8) is 0 Å². The number of thiophene rings is 1. The normalized spacial score (nSPS) is 22.1. The summed E-state index contributed by atoms with van der Waals surface area (Å²) in [7, 11) is 0. The van der Waals surface area contributed by atoms with Gasteiger partial charge >= 0.3 is 6.09 Å². The topological polar surface area (TPSA) is 73.1 Å². The largest absolute Gasteiger partial charge is 0.444 e. The number of amidine groups is 2. The number of nitrogens with zero attached hydrogens (tertiary/aromatic N) is 6. The van der Waals surface area contributed by atoms with Gasteiger partial charge < -0.3 is 14.5 Å². The summed E-state index contributed by atoms with van der Waals surface area (Å²) in [6.45, 7) is 10.3. The van der Waals surface area contributed by atoms with Crippen molar-refractivity contribution in [1.29, 1.82) is 0 Å². The SMILES string of the molecule is CC1CC=NN2C(c3cccs3)=CN=C(N3CCN(C(=O)OC(C)(C)C)CC3)C2=N1. The zero-order valence-corrected chi connectivity index (χ0v) is 18.7. The molecule has 1 saturated heterocycles. The van der Waals surface area contributed by atoms with Crippen LogP contribution in [-0.2, 0) is 4.74 Å². The number of aliphatic imine (C=N–C) groups is 2. The second-order valence-electron chi connectivity index (χ2n) is 8.55. The molecule has 8 nitrogen and oxygen atoms in total. The second-order valence-corrected chi connectivity index (χ2v) is 9.49. The summed E-state index contributed by atoms with van der Waals surface area (Å²) in [5.74, 6) is 1.58. The molecule has 1 aromatic rings. The third-order valence-corrected chi connectivity index (χ3v) is 5.82. The Morgan fingerprint density at radius 1 is 1.20 bits per heavy atom. The van der Waals surface area contributed by atoms with Gasteiger partial charge in [-0.05, 0) is 39.1 Å². The van der Waals surface area contributed by atoms with Crippen LogP contribution in [-0.4, -0.2) is 76.6 Å². The Hall–Kier alpha value is -2.68. The molecule has 3 aliphatic rings. The molecule has 0 spiro atoms. The van der Waals surface area contributed by atoms with Crippen molar-refractivity contribution in [3.05, 3.63) is 28.6 Å². The zero-order chi connectivity index (χ0) is 21.3. The van der Waals surface area contributed by atoms with Gasteiger partial charge in [-0.2, -0.15) is 5.10 Å². The summed E-state index contributed by atoms with van der Waals surface area (Å²) in [5, 5.41) is 8.63. The van der Waals surface area contributed by atoms with E-state index < -0.39 is 5.60 Å². The number of piperazine rings is 1. The minimum atomic E-state index is -0.492. The third kappa shape index (κ3) is 4.40. The molecule has 0 radical (unpaired) electrons. The number of ether oxygens (including phenoxy) is 1. The minimum Gasteiger partial charge on any atom is -0.444 e. The minimum absolute atomic E-state index is 0.129. The smallest absolute Gasteiger partial charge is 0.410 e. The van der Waals surface area contributed by atoms with Gasteiger partial charge in [-0.1, -0.05) is 6.07 Å². The molecule has 160 valence electrons. The van der Waals surface area contributed by atoms with Crippen LogP contribution < -0.4 is 0 Å². The second kappa shape index (κ2) is 8.22. The Balaban J connectivity index is 1.55. The van der Waals surface area contributed by atoms with Gasteiger partial charge in [0.15, 0.2) is 11.7 Å². The molecular weight excluding hydrogens is 400 g/mol. The van der Waals surface area contributed by atoms with Crippen LogP contribution in [0.2, 0.25) is 0 Å². The van der Waals surface area contributed by atoms with E-state index in [1.807, 2.05) is 49.6 Å². The number of rotatable bonds is 1. The maximum atomic E-state index is 12.4. The van der Waals surface area contributed by atoms with E-state index in [1.54, 1.807) is 16.2 Å². The Bertz CT molecular complexity index is 904. The van der Waals surface area contributed by atoms with Crippen LogP contribution in [0.1, 0.15) is 39.0 Å². The summed E-state index contributed by atoms with van der Waals surface area (Å²) >= 11 is 1.66. The molecular formula is C21H28N6O2S. The first-order chi connectivity index (χ1) is 14.3. The zero-order valence-electron chi connectivity index (χ0n) is 17.9. The van der Waals surface area contributed by atoms with Gasteiger partial charge in [0, 0.05) is 38.8 Å². The van der Waals surface area contributed by atoms with E-state index >= 15 is 0 Å². The first-order valence-corrected chi connectivity index (χ1v) is 11.2. The molecule has 1 atom stereocenters. The Morgan fingerprint density at radius 2 is 1.97 bits per heavy atom. The Kier molecular flexibility index (Phi) is 5.64. The van der Waals surface area contributed by atoms with E-state index in [2.05, 4.69) is 23.0 Å². The predicted molar refractivity (Wildman–Crippen MR) is 121 cm³/mol. The van der Waals surface area contributed by atoms with Crippen molar-refractivity contribution in [2.45, 2.75) is 45.8 Å². The Morgan fingerprint density at radius 3 is 2.63 bits per heavy atom. The van der Waals surface area contributed by atoms with Crippen LogP contribution in [0.3, 0.4) is 0 Å². The number of fused-ring (bicyclic) bond motifs is 1. The molecule has 4 rings (SSSR count). The molecule has 0 aliphatic carbocycles. The molecule has 0 N–H and O–H groups in total. The third-order valence-electron chi connectivity index (χ3n) is 4.93. The number of hydrazone groups is 1. The molecule has 0 saturated carbocycles. The van der Waals surface area contributed by atoms with E-state index in [9.17, 15) is 4.79 Å². The monoisotopic (exact) mass is 428 g/mol. The molecule has 1 unspecified atom stereocenters. The van der Waals surface area contributed by atoms with Crippen molar-refractivity contribution < 1.29 is 9.53 Å². The summed E-state index contributed by atoms with van der Waals surface area (Å²) < 4.78 is 5.51. The lowest BCUT2D eigenvalue weighted by atomic mass is 10.2. The molecule has 9 heteroatoms. The molecule has 1 amide bonds. The van der Waals surface area contributed by atoms with Crippen LogP contribution >= 0.6 is 11.3 Å². The molecule has 3 aliphatic heterocycles. The van der Waals surface area contributed by atoms with Gasteiger partial charge in [0.1, 0.15) is 11.3 Å². The average Bonchev–Trinajstić information content (AvgIpc) is 3.15. The van der Waals surface area contributed by atoms with Gasteiger partial charge in [-0.3, -0.25) is 4.99 Å². The van der Waals surface area contributed by atoms with Crippen LogP contribution in [0, 0.1) is 0 Å². The number of carbonyl (C=O) groups excluding carboxylic acids is 1. The summed E-state index contributed by atoms with van der Waals surface area (Å²) in [6.07, 6.45) is 4.32. The lowest BCUT2D eigenvalue weighted by Crippen LogP contribution is -2.55. The van der Waals surface area contributed by atoms with Crippen molar-refractivity contribution in [2.75, 3.05) is 26.2 Å². The summed E-state index contributed by atoms with van der Waals surface area (Å²) in [6, 6.07) is 4.22. The van der Waals surface area contributed by atoms with E-state index in [0.29, 0.717) is 26.2 Å². The first-order valence-electron chi connectivity index (χ1n) is 10.3. The van der Waals surface area contributed by atoms with Gasteiger partial charge in [0.25, 0.3) is 0 Å². The highest BCUT2D eigenvalue weighted by Gasteiger charge is 2.34.